The van der Waals surface area contributed by atoms with Crippen molar-refractivity contribution in [3.63, 3.8) is 0 Å². The van der Waals surface area contributed by atoms with Crippen LogP contribution in [-0.2, 0) is 19.7 Å². The van der Waals surface area contributed by atoms with Crippen molar-refractivity contribution in [3.05, 3.63) is 65.2 Å². The highest BCUT2D eigenvalue weighted by molar-refractivity contribution is 6.30. The number of amides is 1. The summed E-state index contributed by atoms with van der Waals surface area (Å²) in [6, 6.07) is 16.0. The van der Waals surface area contributed by atoms with Crippen molar-refractivity contribution in [2.75, 3.05) is 5.32 Å². The van der Waals surface area contributed by atoms with Gasteiger partial charge in [0, 0.05) is 10.7 Å². The Labute approximate surface area is 146 Å². The molecule has 0 aliphatic heterocycles. The first-order valence-electron chi connectivity index (χ1n) is 7.64. The van der Waals surface area contributed by atoms with Crippen LogP contribution >= 0.6 is 11.6 Å². The maximum atomic E-state index is 12.5. The zero-order valence-electron chi connectivity index (χ0n) is 13.9. The van der Waals surface area contributed by atoms with Crippen molar-refractivity contribution in [2.45, 2.75) is 32.3 Å². The van der Waals surface area contributed by atoms with Crippen LogP contribution in [-0.4, -0.2) is 18.0 Å². The van der Waals surface area contributed by atoms with Crippen LogP contribution < -0.4 is 5.32 Å². The lowest BCUT2D eigenvalue weighted by Gasteiger charge is -2.25. The third-order valence-electron chi connectivity index (χ3n) is 3.77. The Kier molecular flexibility index (Phi) is 5.62. The lowest BCUT2D eigenvalue weighted by molar-refractivity contribution is -0.158. The lowest BCUT2D eigenvalue weighted by Crippen LogP contribution is -2.37. The molecule has 126 valence electrons. The Morgan fingerprint density at radius 3 is 2.21 bits per heavy atom. The number of halogens is 1. The van der Waals surface area contributed by atoms with E-state index in [0.29, 0.717) is 10.7 Å². The summed E-state index contributed by atoms with van der Waals surface area (Å²) in [6.07, 6.45) is -0.906. The van der Waals surface area contributed by atoms with Gasteiger partial charge in [0.25, 0.3) is 5.91 Å². The van der Waals surface area contributed by atoms with Crippen molar-refractivity contribution in [1.29, 1.82) is 0 Å². The molecule has 1 N–H and O–H groups in total. The summed E-state index contributed by atoms with van der Waals surface area (Å²) < 4.78 is 5.35. The monoisotopic (exact) mass is 345 g/mol. The molecule has 0 heterocycles. The van der Waals surface area contributed by atoms with E-state index in [9.17, 15) is 9.59 Å². The molecule has 2 rings (SSSR count). The van der Waals surface area contributed by atoms with Gasteiger partial charge >= 0.3 is 5.97 Å². The predicted octanol–water partition coefficient (Wildman–Crippen LogP) is 4.19. The fourth-order valence-electron chi connectivity index (χ4n) is 2.11. The van der Waals surface area contributed by atoms with Crippen molar-refractivity contribution < 1.29 is 14.3 Å². The Bertz CT molecular complexity index is 711. The van der Waals surface area contributed by atoms with E-state index in [1.807, 2.05) is 30.3 Å². The normalized spacial score (nSPS) is 12.3. The highest BCUT2D eigenvalue weighted by atomic mass is 35.5. The van der Waals surface area contributed by atoms with Gasteiger partial charge in [-0.15, -0.1) is 0 Å². The van der Waals surface area contributed by atoms with Gasteiger partial charge < -0.3 is 10.1 Å². The van der Waals surface area contributed by atoms with E-state index in [1.54, 1.807) is 45.0 Å². The number of ether oxygens (including phenoxy) is 1. The summed E-state index contributed by atoms with van der Waals surface area (Å²) in [5, 5.41) is 3.27. The number of carbonyl (C=O) groups is 2. The molecule has 0 saturated carbocycles. The molecular weight excluding hydrogens is 326 g/mol. The van der Waals surface area contributed by atoms with E-state index in [0.717, 1.165) is 5.56 Å². The smallest absolute Gasteiger partial charge is 0.316 e. The topological polar surface area (TPSA) is 55.4 Å². The molecule has 0 aliphatic carbocycles. The van der Waals surface area contributed by atoms with E-state index in [-0.39, 0.29) is 0 Å². The molecule has 4 nitrogen and oxygen atoms in total. The molecule has 0 aliphatic rings. The first kappa shape index (κ1) is 18.0. The Morgan fingerprint density at radius 2 is 1.62 bits per heavy atom. The minimum atomic E-state index is -0.906. The summed E-state index contributed by atoms with van der Waals surface area (Å²) >= 11 is 5.81. The van der Waals surface area contributed by atoms with Gasteiger partial charge in [0.2, 0.25) is 0 Å². The number of esters is 1. The zero-order valence-corrected chi connectivity index (χ0v) is 14.6. The van der Waals surface area contributed by atoms with E-state index in [1.165, 1.54) is 0 Å². The SMILES string of the molecule is C[C@@H](OC(=O)C(C)(C)c1ccccc1)C(=O)Nc1ccc(Cl)cc1. The van der Waals surface area contributed by atoms with Gasteiger partial charge in [-0.1, -0.05) is 41.9 Å². The van der Waals surface area contributed by atoms with Crippen LogP contribution in [0.2, 0.25) is 5.02 Å². The molecular formula is C19H20ClNO3. The van der Waals surface area contributed by atoms with E-state index in [4.69, 9.17) is 16.3 Å². The van der Waals surface area contributed by atoms with Crippen LogP contribution in [0.5, 0.6) is 0 Å². The van der Waals surface area contributed by atoms with Crippen LogP contribution in [0.1, 0.15) is 26.3 Å². The molecule has 2 aromatic rings. The summed E-state index contributed by atoms with van der Waals surface area (Å²) in [7, 11) is 0. The third kappa shape index (κ3) is 4.36. The summed E-state index contributed by atoms with van der Waals surface area (Å²) in [6.45, 7) is 5.09. The fourth-order valence-corrected chi connectivity index (χ4v) is 2.24. The van der Waals surface area contributed by atoms with Crippen LogP contribution in [0.15, 0.2) is 54.6 Å². The fraction of sp³-hybridized carbons (Fsp3) is 0.263. The Balaban J connectivity index is 2.00. The highest BCUT2D eigenvalue weighted by Gasteiger charge is 2.33. The van der Waals surface area contributed by atoms with E-state index in [2.05, 4.69) is 5.32 Å². The van der Waals surface area contributed by atoms with Gasteiger partial charge in [-0.2, -0.15) is 0 Å². The molecule has 1 amide bonds. The minimum absolute atomic E-state index is 0.394. The molecule has 0 aromatic heterocycles. The number of anilines is 1. The van der Waals surface area contributed by atoms with E-state index < -0.39 is 23.4 Å². The second-order valence-electron chi connectivity index (χ2n) is 6.03. The van der Waals surface area contributed by atoms with E-state index >= 15 is 0 Å². The van der Waals surface area contributed by atoms with Gasteiger partial charge in [-0.3, -0.25) is 9.59 Å². The van der Waals surface area contributed by atoms with Gasteiger partial charge in [-0.25, -0.2) is 0 Å². The number of carbonyl (C=O) groups excluding carboxylic acids is 2. The molecule has 2 aromatic carbocycles. The van der Waals surface area contributed by atoms with Gasteiger partial charge in [-0.05, 0) is 50.6 Å². The van der Waals surface area contributed by atoms with Crippen molar-refractivity contribution >= 4 is 29.2 Å². The quantitative estimate of drug-likeness (QED) is 0.827. The molecule has 24 heavy (non-hydrogen) atoms. The van der Waals surface area contributed by atoms with Crippen LogP contribution in [0.25, 0.3) is 0 Å². The number of benzene rings is 2. The number of hydrogen-bond acceptors (Lipinski definition) is 3. The van der Waals surface area contributed by atoms with Crippen molar-refractivity contribution in [2.24, 2.45) is 0 Å². The second-order valence-corrected chi connectivity index (χ2v) is 6.47. The molecule has 0 fully saturated rings. The second kappa shape index (κ2) is 7.49. The predicted molar refractivity (Wildman–Crippen MR) is 95.1 cm³/mol. The van der Waals surface area contributed by atoms with Gasteiger partial charge in [0.15, 0.2) is 6.10 Å². The first-order valence-corrected chi connectivity index (χ1v) is 8.01. The lowest BCUT2D eigenvalue weighted by atomic mass is 9.85. The average molecular weight is 346 g/mol. The first-order chi connectivity index (χ1) is 11.3. The summed E-state index contributed by atoms with van der Waals surface area (Å²) in [5.74, 6) is -0.845. The molecule has 0 saturated heterocycles. The molecule has 1 atom stereocenters. The molecule has 5 heteroatoms. The minimum Gasteiger partial charge on any atom is -0.452 e. The van der Waals surface area contributed by atoms with Crippen molar-refractivity contribution in [1.82, 2.24) is 0 Å². The zero-order chi connectivity index (χ0) is 17.7. The maximum Gasteiger partial charge on any atom is 0.316 e. The average Bonchev–Trinajstić information content (AvgIpc) is 2.57. The summed E-state index contributed by atoms with van der Waals surface area (Å²) in [5.41, 5.74) is 0.589. The third-order valence-corrected chi connectivity index (χ3v) is 4.02. The van der Waals surface area contributed by atoms with Gasteiger partial charge in [0.05, 0.1) is 5.41 Å². The molecule has 0 unspecified atom stereocenters. The largest absolute Gasteiger partial charge is 0.452 e. The number of nitrogens with one attached hydrogen (secondary N) is 1. The van der Waals surface area contributed by atoms with Crippen molar-refractivity contribution in [3.8, 4) is 0 Å². The Morgan fingerprint density at radius 1 is 1.04 bits per heavy atom. The highest BCUT2D eigenvalue weighted by Crippen LogP contribution is 2.25. The standard InChI is InChI=1S/C19H20ClNO3/c1-13(17(22)21-16-11-9-15(20)10-12-16)24-18(23)19(2,3)14-7-5-4-6-8-14/h4-13H,1-3H3,(H,21,22)/t13-/m1/s1. The molecule has 0 spiro atoms. The van der Waals surface area contributed by atoms with Crippen LogP contribution in [0, 0.1) is 0 Å². The van der Waals surface area contributed by atoms with Crippen LogP contribution in [0.3, 0.4) is 0 Å². The molecule has 0 radical (unpaired) electrons. The Hall–Kier alpha value is -2.33. The number of hydrogen-bond donors (Lipinski definition) is 1. The molecule has 0 bridgehead atoms. The number of rotatable bonds is 5. The van der Waals surface area contributed by atoms with Crippen LogP contribution in [0.4, 0.5) is 5.69 Å². The van der Waals surface area contributed by atoms with Gasteiger partial charge in [0.1, 0.15) is 0 Å². The maximum absolute atomic E-state index is 12.5. The summed E-state index contributed by atoms with van der Waals surface area (Å²) in [4.78, 5) is 24.6.